The molecule has 2 rings (SSSR count). The minimum atomic E-state index is -1.20. The van der Waals surface area contributed by atoms with E-state index in [0.717, 1.165) is 0 Å². The highest BCUT2D eigenvalue weighted by molar-refractivity contribution is 7.99. The van der Waals surface area contributed by atoms with Gasteiger partial charge in [-0.1, -0.05) is 6.07 Å². The number of pyridine rings is 1. The van der Waals surface area contributed by atoms with Crippen LogP contribution in [0.2, 0.25) is 0 Å². The summed E-state index contributed by atoms with van der Waals surface area (Å²) in [4.78, 5) is 41.2. The second kappa shape index (κ2) is 6.57. The molecule has 8 heteroatoms. The molecular formula is C15H19N3O4S. The Bertz CT molecular complexity index is 642. The lowest BCUT2D eigenvalue weighted by Crippen LogP contribution is -2.52. The van der Waals surface area contributed by atoms with Crippen LogP contribution in [-0.2, 0) is 4.79 Å². The van der Waals surface area contributed by atoms with Crippen LogP contribution in [0.4, 0.5) is 0 Å². The Hall–Kier alpha value is -2.09. The van der Waals surface area contributed by atoms with Crippen LogP contribution in [0.15, 0.2) is 18.2 Å². The molecule has 23 heavy (non-hydrogen) atoms. The number of carbonyl (C=O) groups is 3. The molecule has 1 fully saturated rings. The van der Waals surface area contributed by atoms with Crippen molar-refractivity contribution in [3.05, 3.63) is 29.6 Å². The molecule has 1 saturated heterocycles. The number of amides is 2. The van der Waals surface area contributed by atoms with Gasteiger partial charge in [0.2, 0.25) is 5.91 Å². The van der Waals surface area contributed by atoms with Crippen molar-refractivity contribution >= 4 is 29.5 Å². The van der Waals surface area contributed by atoms with Gasteiger partial charge in [0.25, 0.3) is 5.91 Å². The first-order chi connectivity index (χ1) is 10.7. The zero-order valence-corrected chi connectivity index (χ0v) is 14.0. The van der Waals surface area contributed by atoms with Gasteiger partial charge in [-0.2, -0.15) is 0 Å². The van der Waals surface area contributed by atoms with Crippen LogP contribution in [-0.4, -0.2) is 56.0 Å². The lowest BCUT2D eigenvalue weighted by atomic mass is 10.1. The Balaban J connectivity index is 2.19. The number of nitrogens with one attached hydrogen (secondary N) is 1. The standard InChI is InChI=1S/C15H19N3O4S/c1-15(2,3)17-12(19)11-7-23-8-18(11)13(20)9-5-4-6-10(16-9)14(21)22/h4-6,11H,7-8H2,1-3H3,(H,17,19)(H,21,22). The van der Waals surface area contributed by atoms with E-state index in [0.29, 0.717) is 11.6 Å². The van der Waals surface area contributed by atoms with Gasteiger partial charge in [-0.05, 0) is 32.9 Å². The number of carbonyl (C=O) groups excluding carboxylic acids is 2. The first kappa shape index (κ1) is 17.3. The molecule has 0 bridgehead atoms. The molecule has 7 nitrogen and oxygen atoms in total. The SMILES string of the molecule is CC(C)(C)NC(=O)C1CSCN1C(=O)c1cccc(C(=O)O)n1. The predicted molar refractivity (Wildman–Crippen MR) is 86.4 cm³/mol. The molecule has 1 unspecified atom stereocenters. The van der Waals surface area contributed by atoms with E-state index in [1.54, 1.807) is 0 Å². The van der Waals surface area contributed by atoms with Crippen molar-refractivity contribution in [2.45, 2.75) is 32.4 Å². The summed E-state index contributed by atoms with van der Waals surface area (Å²) in [7, 11) is 0. The van der Waals surface area contributed by atoms with Crippen molar-refractivity contribution < 1.29 is 19.5 Å². The number of aromatic carboxylic acids is 1. The smallest absolute Gasteiger partial charge is 0.354 e. The van der Waals surface area contributed by atoms with E-state index in [1.807, 2.05) is 20.8 Å². The van der Waals surface area contributed by atoms with Crippen LogP contribution in [0.3, 0.4) is 0 Å². The van der Waals surface area contributed by atoms with Gasteiger partial charge in [-0.15, -0.1) is 11.8 Å². The van der Waals surface area contributed by atoms with Gasteiger partial charge >= 0.3 is 5.97 Å². The third kappa shape index (κ3) is 4.22. The van der Waals surface area contributed by atoms with Gasteiger partial charge in [0.15, 0.2) is 0 Å². The predicted octanol–water partition coefficient (Wildman–Crippen LogP) is 1.21. The zero-order chi connectivity index (χ0) is 17.2. The van der Waals surface area contributed by atoms with Crippen LogP contribution >= 0.6 is 11.8 Å². The van der Waals surface area contributed by atoms with Gasteiger partial charge in [0, 0.05) is 11.3 Å². The molecule has 1 atom stereocenters. The van der Waals surface area contributed by atoms with Gasteiger partial charge in [-0.3, -0.25) is 9.59 Å². The highest BCUT2D eigenvalue weighted by Crippen LogP contribution is 2.23. The summed E-state index contributed by atoms with van der Waals surface area (Å²) >= 11 is 1.48. The van der Waals surface area contributed by atoms with E-state index >= 15 is 0 Å². The van der Waals surface area contributed by atoms with Gasteiger partial charge in [0.1, 0.15) is 17.4 Å². The fraction of sp³-hybridized carbons (Fsp3) is 0.467. The number of thioether (sulfide) groups is 1. The first-order valence-electron chi connectivity index (χ1n) is 7.10. The molecule has 1 aliphatic rings. The summed E-state index contributed by atoms with van der Waals surface area (Å²) < 4.78 is 0. The molecule has 0 saturated carbocycles. The van der Waals surface area contributed by atoms with Crippen LogP contribution in [0.25, 0.3) is 0 Å². The Kier molecular flexibility index (Phi) is 4.93. The summed E-state index contributed by atoms with van der Waals surface area (Å²) in [5.41, 5.74) is -0.556. The van der Waals surface area contributed by atoms with Crippen molar-refractivity contribution in [3.8, 4) is 0 Å². The highest BCUT2D eigenvalue weighted by atomic mass is 32.2. The molecule has 0 aliphatic carbocycles. The lowest BCUT2D eigenvalue weighted by molar-refractivity contribution is -0.125. The van der Waals surface area contributed by atoms with E-state index in [9.17, 15) is 14.4 Å². The maximum absolute atomic E-state index is 12.6. The summed E-state index contributed by atoms with van der Waals surface area (Å²) in [6.45, 7) is 5.62. The summed E-state index contributed by atoms with van der Waals surface area (Å²) in [6, 6.07) is 3.66. The lowest BCUT2D eigenvalue weighted by Gasteiger charge is -2.27. The number of carboxylic acid groups (broad SMARTS) is 1. The number of rotatable bonds is 3. The highest BCUT2D eigenvalue weighted by Gasteiger charge is 2.36. The van der Waals surface area contributed by atoms with Gasteiger partial charge < -0.3 is 15.3 Å². The topological polar surface area (TPSA) is 99.6 Å². The number of hydrogen-bond donors (Lipinski definition) is 2. The molecule has 124 valence electrons. The quantitative estimate of drug-likeness (QED) is 0.860. The molecule has 2 amide bonds. The third-order valence-electron chi connectivity index (χ3n) is 3.13. The zero-order valence-electron chi connectivity index (χ0n) is 13.2. The number of aromatic nitrogens is 1. The number of carboxylic acids is 1. The van der Waals surface area contributed by atoms with E-state index in [1.165, 1.54) is 34.9 Å². The first-order valence-corrected chi connectivity index (χ1v) is 8.25. The van der Waals surface area contributed by atoms with Crippen molar-refractivity contribution in [3.63, 3.8) is 0 Å². The largest absolute Gasteiger partial charge is 0.477 e. The normalized spacial score (nSPS) is 17.9. The molecule has 2 N–H and O–H groups in total. The molecular weight excluding hydrogens is 318 g/mol. The van der Waals surface area contributed by atoms with Crippen LogP contribution in [0.5, 0.6) is 0 Å². The average molecular weight is 337 g/mol. The summed E-state index contributed by atoms with van der Waals surface area (Å²) in [6.07, 6.45) is 0. The van der Waals surface area contributed by atoms with Crippen molar-refractivity contribution in [1.82, 2.24) is 15.2 Å². The minimum Gasteiger partial charge on any atom is -0.477 e. The van der Waals surface area contributed by atoms with Crippen LogP contribution in [0.1, 0.15) is 41.7 Å². The average Bonchev–Trinajstić information content (AvgIpc) is 2.94. The maximum atomic E-state index is 12.6. The van der Waals surface area contributed by atoms with E-state index in [-0.39, 0.29) is 22.8 Å². The molecule has 0 spiro atoms. The molecule has 1 aliphatic heterocycles. The second-order valence-electron chi connectivity index (χ2n) is 6.24. The van der Waals surface area contributed by atoms with Crippen molar-refractivity contribution in [2.75, 3.05) is 11.6 Å². The Morgan fingerprint density at radius 2 is 1.96 bits per heavy atom. The van der Waals surface area contributed by atoms with Gasteiger partial charge in [-0.25, -0.2) is 9.78 Å². The van der Waals surface area contributed by atoms with E-state index in [2.05, 4.69) is 10.3 Å². The Morgan fingerprint density at radius 3 is 2.57 bits per heavy atom. The number of nitrogens with zero attached hydrogens (tertiary/aromatic N) is 2. The van der Waals surface area contributed by atoms with Crippen molar-refractivity contribution in [2.24, 2.45) is 0 Å². The van der Waals surface area contributed by atoms with E-state index in [4.69, 9.17) is 5.11 Å². The Morgan fingerprint density at radius 1 is 1.30 bits per heavy atom. The van der Waals surface area contributed by atoms with Crippen LogP contribution in [0, 0.1) is 0 Å². The molecule has 1 aromatic rings. The second-order valence-corrected chi connectivity index (χ2v) is 7.24. The fourth-order valence-electron chi connectivity index (χ4n) is 2.13. The fourth-order valence-corrected chi connectivity index (χ4v) is 3.29. The Labute approximate surface area is 138 Å². The summed E-state index contributed by atoms with van der Waals surface area (Å²) in [5.74, 6) is -0.971. The summed E-state index contributed by atoms with van der Waals surface area (Å²) in [5, 5.41) is 11.8. The monoisotopic (exact) mass is 337 g/mol. The van der Waals surface area contributed by atoms with Crippen molar-refractivity contribution in [1.29, 1.82) is 0 Å². The van der Waals surface area contributed by atoms with Crippen LogP contribution < -0.4 is 5.32 Å². The maximum Gasteiger partial charge on any atom is 0.354 e. The minimum absolute atomic E-state index is 0.0287. The molecule has 0 aromatic carbocycles. The van der Waals surface area contributed by atoms with E-state index < -0.39 is 17.9 Å². The molecule has 2 heterocycles. The molecule has 0 radical (unpaired) electrons. The molecule has 1 aromatic heterocycles. The number of hydrogen-bond acceptors (Lipinski definition) is 5. The van der Waals surface area contributed by atoms with Gasteiger partial charge in [0.05, 0.1) is 5.88 Å². The third-order valence-corrected chi connectivity index (χ3v) is 4.14.